The van der Waals surface area contributed by atoms with Gasteiger partial charge in [-0.05, 0) is 31.2 Å². The average molecular weight is 332 g/mol. The molecule has 0 spiro atoms. The first kappa shape index (κ1) is 15.1. The fourth-order valence-corrected chi connectivity index (χ4v) is 2.98. The van der Waals surface area contributed by atoms with Gasteiger partial charge in [-0.15, -0.1) is 0 Å². The van der Waals surface area contributed by atoms with Gasteiger partial charge in [-0.1, -0.05) is 18.2 Å². The molecule has 0 aliphatic rings. The molecule has 0 aliphatic carbocycles. The van der Waals surface area contributed by atoms with Crippen molar-refractivity contribution in [1.82, 2.24) is 14.4 Å². The van der Waals surface area contributed by atoms with E-state index in [2.05, 4.69) is 15.3 Å². The number of carbonyl (C=O) groups excluding carboxylic acids is 1. The quantitative estimate of drug-likeness (QED) is 0.624. The molecule has 6 nitrogen and oxygen atoms in total. The van der Waals surface area contributed by atoms with Crippen LogP contribution in [0.15, 0.2) is 54.9 Å². The Morgan fingerprint density at radius 3 is 2.84 bits per heavy atom. The Hall–Kier alpha value is -3.41. The zero-order valence-corrected chi connectivity index (χ0v) is 13.9. The molecule has 0 saturated heterocycles. The minimum atomic E-state index is -0.239. The highest BCUT2D eigenvalue weighted by Crippen LogP contribution is 2.24. The van der Waals surface area contributed by atoms with Crippen molar-refractivity contribution < 1.29 is 9.53 Å². The molecule has 0 radical (unpaired) electrons. The summed E-state index contributed by atoms with van der Waals surface area (Å²) in [7, 11) is 1.58. The second-order valence-electron chi connectivity index (χ2n) is 5.65. The number of hydrogen-bond acceptors (Lipinski definition) is 4. The molecule has 4 rings (SSSR count). The maximum Gasteiger partial charge on any atom is 0.274 e. The summed E-state index contributed by atoms with van der Waals surface area (Å²) in [5.41, 5.74) is 3.14. The lowest BCUT2D eigenvalue weighted by molar-refractivity contribution is 0.102. The van der Waals surface area contributed by atoms with Gasteiger partial charge in [-0.25, -0.2) is 4.98 Å². The minimum Gasteiger partial charge on any atom is -0.493 e. The van der Waals surface area contributed by atoms with Gasteiger partial charge in [0.1, 0.15) is 5.69 Å². The highest BCUT2D eigenvalue weighted by atomic mass is 16.5. The zero-order valence-electron chi connectivity index (χ0n) is 13.9. The molecule has 3 heterocycles. The molecule has 25 heavy (non-hydrogen) atoms. The van der Waals surface area contributed by atoms with Gasteiger partial charge < -0.3 is 10.1 Å². The molecule has 1 aromatic carbocycles. The van der Waals surface area contributed by atoms with Crippen LogP contribution in [0.3, 0.4) is 0 Å². The maximum absolute atomic E-state index is 12.9. The van der Waals surface area contributed by atoms with E-state index in [-0.39, 0.29) is 5.91 Å². The van der Waals surface area contributed by atoms with Gasteiger partial charge in [0, 0.05) is 17.8 Å². The van der Waals surface area contributed by atoms with E-state index in [0.29, 0.717) is 28.5 Å². The molecule has 6 heteroatoms. The van der Waals surface area contributed by atoms with Crippen LogP contribution in [-0.2, 0) is 0 Å². The van der Waals surface area contributed by atoms with E-state index >= 15 is 0 Å². The molecule has 3 aromatic heterocycles. The molecular weight excluding hydrogens is 316 g/mol. The number of hydrogen-bond donors (Lipinski definition) is 1. The van der Waals surface area contributed by atoms with E-state index in [1.165, 1.54) is 0 Å². The molecule has 0 bridgehead atoms. The number of imidazole rings is 1. The van der Waals surface area contributed by atoms with Crippen molar-refractivity contribution >= 4 is 28.1 Å². The van der Waals surface area contributed by atoms with Crippen LogP contribution in [0.5, 0.6) is 5.75 Å². The van der Waals surface area contributed by atoms with Gasteiger partial charge in [-0.2, -0.15) is 0 Å². The zero-order chi connectivity index (χ0) is 17.4. The largest absolute Gasteiger partial charge is 0.493 e. The van der Waals surface area contributed by atoms with Gasteiger partial charge in [0.2, 0.25) is 0 Å². The minimum absolute atomic E-state index is 0.239. The summed E-state index contributed by atoms with van der Waals surface area (Å²) in [4.78, 5) is 21.8. The van der Waals surface area contributed by atoms with Crippen LogP contribution in [0.4, 0.5) is 5.69 Å². The lowest BCUT2D eigenvalue weighted by atomic mass is 10.2. The Labute approximate surface area is 144 Å². The smallest absolute Gasteiger partial charge is 0.274 e. The van der Waals surface area contributed by atoms with Crippen molar-refractivity contribution in [3.05, 3.63) is 66.2 Å². The van der Waals surface area contributed by atoms with Crippen molar-refractivity contribution in [3.8, 4) is 5.75 Å². The van der Waals surface area contributed by atoms with Crippen molar-refractivity contribution in [2.75, 3.05) is 12.4 Å². The number of aryl methyl sites for hydroxylation is 1. The number of methoxy groups -OCH3 is 1. The monoisotopic (exact) mass is 332 g/mol. The SMILES string of the molecule is COc1cccn2c(C(=O)Nc3cccc4cccnc34)c(C)nc12. The fraction of sp³-hybridized carbons (Fsp3) is 0.105. The molecule has 0 atom stereocenters. The number of fused-ring (bicyclic) bond motifs is 2. The Balaban J connectivity index is 1.79. The predicted molar refractivity (Wildman–Crippen MR) is 96.2 cm³/mol. The van der Waals surface area contributed by atoms with E-state index in [1.54, 1.807) is 23.9 Å². The Bertz CT molecular complexity index is 1100. The summed E-state index contributed by atoms with van der Waals surface area (Å²) in [6.07, 6.45) is 3.51. The number of nitrogens with one attached hydrogen (secondary N) is 1. The Morgan fingerprint density at radius 1 is 1.16 bits per heavy atom. The number of nitrogens with zero attached hydrogens (tertiary/aromatic N) is 3. The lowest BCUT2D eigenvalue weighted by Gasteiger charge is -2.09. The van der Waals surface area contributed by atoms with Gasteiger partial charge in [0.25, 0.3) is 5.91 Å². The van der Waals surface area contributed by atoms with Gasteiger partial charge in [-0.3, -0.25) is 14.2 Å². The molecule has 0 unspecified atom stereocenters. The fourth-order valence-electron chi connectivity index (χ4n) is 2.98. The molecule has 0 saturated carbocycles. The van der Waals surface area contributed by atoms with Crippen molar-refractivity contribution in [2.24, 2.45) is 0 Å². The van der Waals surface area contributed by atoms with E-state index in [4.69, 9.17) is 4.74 Å². The van der Waals surface area contributed by atoms with Crippen LogP contribution in [0.2, 0.25) is 0 Å². The number of pyridine rings is 2. The third-order valence-corrected chi connectivity index (χ3v) is 4.10. The molecule has 1 amide bonds. The molecule has 4 aromatic rings. The number of carbonyl (C=O) groups is 1. The second-order valence-corrected chi connectivity index (χ2v) is 5.65. The highest BCUT2D eigenvalue weighted by molar-refractivity contribution is 6.08. The Morgan fingerprint density at radius 2 is 2.00 bits per heavy atom. The van der Waals surface area contributed by atoms with Gasteiger partial charge >= 0.3 is 0 Å². The highest BCUT2D eigenvalue weighted by Gasteiger charge is 2.19. The second kappa shape index (κ2) is 5.90. The Kier molecular flexibility index (Phi) is 3.57. The van der Waals surface area contributed by atoms with Crippen LogP contribution in [-0.4, -0.2) is 27.4 Å². The topological polar surface area (TPSA) is 68.5 Å². The third kappa shape index (κ3) is 2.48. The summed E-state index contributed by atoms with van der Waals surface area (Å²) in [5, 5.41) is 3.92. The van der Waals surface area contributed by atoms with E-state index in [9.17, 15) is 4.79 Å². The number of ether oxygens (including phenoxy) is 1. The third-order valence-electron chi connectivity index (χ3n) is 4.10. The predicted octanol–water partition coefficient (Wildman–Crippen LogP) is 3.45. The molecule has 0 aliphatic heterocycles. The number of anilines is 1. The molecule has 1 N–H and O–H groups in total. The van der Waals surface area contributed by atoms with Crippen LogP contribution in [0.1, 0.15) is 16.2 Å². The van der Waals surface area contributed by atoms with Gasteiger partial charge in [0.15, 0.2) is 11.4 Å². The standard InChI is InChI=1S/C19H16N4O2/c1-12-17(23-11-5-9-15(25-2)18(23)21-12)19(24)22-14-8-3-6-13-7-4-10-20-16(13)14/h3-11H,1-2H3,(H,22,24). The normalized spacial score (nSPS) is 11.0. The summed E-state index contributed by atoms with van der Waals surface area (Å²) in [5.74, 6) is 0.382. The molecule has 0 fully saturated rings. The van der Waals surface area contributed by atoms with Crippen molar-refractivity contribution in [3.63, 3.8) is 0 Å². The number of rotatable bonds is 3. The molecule has 124 valence electrons. The maximum atomic E-state index is 12.9. The van der Waals surface area contributed by atoms with Gasteiger partial charge in [0.05, 0.1) is 24.0 Å². The summed E-state index contributed by atoms with van der Waals surface area (Å²) >= 11 is 0. The summed E-state index contributed by atoms with van der Waals surface area (Å²) in [6.45, 7) is 1.81. The number of benzene rings is 1. The first-order chi connectivity index (χ1) is 12.2. The number of para-hydroxylation sites is 1. The summed E-state index contributed by atoms with van der Waals surface area (Å²) in [6, 6.07) is 13.2. The first-order valence-corrected chi connectivity index (χ1v) is 7.86. The van der Waals surface area contributed by atoms with E-state index < -0.39 is 0 Å². The van der Waals surface area contributed by atoms with Crippen LogP contribution < -0.4 is 10.1 Å². The van der Waals surface area contributed by atoms with E-state index in [0.717, 1.165) is 10.9 Å². The van der Waals surface area contributed by atoms with E-state index in [1.807, 2.05) is 49.4 Å². The lowest BCUT2D eigenvalue weighted by Crippen LogP contribution is -2.16. The number of amides is 1. The van der Waals surface area contributed by atoms with Crippen molar-refractivity contribution in [2.45, 2.75) is 6.92 Å². The first-order valence-electron chi connectivity index (χ1n) is 7.86. The molecular formula is C19H16N4O2. The van der Waals surface area contributed by atoms with Crippen molar-refractivity contribution in [1.29, 1.82) is 0 Å². The summed E-state index contributed by atoms with van der Waals surface area (Å²) < 4.78 is 7.06. The van der Waals surface area contributed by atoms with Crippen LogP contribution in [0.25, 0.3) is 16.6 Å². The van der Waals surface area contributed by atoms with Crippen LogP contribution >= 0.6 is 0 Å². The number of aromatic nitrogens is 3. The van der Waals surface area contributed by atoms with Crippen LogP contribution in [0, 0.1) is 6.92 Å². The average Bonchev–Trinajstić information content (AvgIpc) is 2.98.